The highest BCUT2D eigenvalue weighted by Crippen LogP contribution is 2.58. The van der Waals surface area contributed by atoms with Gasteiger partial charge in [0.1, 0.15) is 17.7 Å². The monoisotopic (exact) mass is 416 g/mol. The predicted molar refractivity (Wildman–Crippen MR) is 105 cm³/mol. The predicted octanol–water partition coefficient (Wildman–Crippen LogP) is 3.85. The zero-order chi connectivity index (χ0) is 20.3. The van der Waals surface area contributed by atoms with Crippen LogP contribution in [0.15, 0.2) is 35.7 Å². The van der Waals surface area contributed by atoms with E-state index in [1.807, 2.05) is 0 Å². The van der Waals surface area contributed by atoms with Gasteiger partial charge in [0, 0.05) is 34.6 Å². The Hall–Kier alpha value is -2.88. The Labute approximate surface area is 167 Å². The highest BCUT2D eigenvalue weighted by molar-refractivity contribution is 8.14. The number of aromatic nitrogens is 3. The summed E-state index contributed by atoms with van der Waals surface area (Å²) in [5.74, 6) is -2.14. The molecule has 0 spiro atoms. The molecule has 29 heavy (non-hydrogen) atoms. The third-order valence-corrected chi connectivity index (χ3v) is 6.50. The fraction of sp³-hybridized carbons (Fsp3) is 0.263. The number of anilines is 2. The Morgan fingerprint density at radius 3 is 2.83 bits per heavy atom. The lowest BCUT2D eigenvalue weighted by atomic mass is 9.86. The molecule has 3 aromatic rings. The molecule has 0 radical (unpaired) electrons. The molecule has 0 unspecified atom stereocenters. The van der Waals surface area contributed by atoms with Gasteiger partial charge in [0.15, 0.2) is 22.6 Å². The first-order chi connectivity index (χ1) is 13.8. The second-order valence-corrected chi connectivity index (χ2v) is 8.54. The molecule has 1 fully saturated rings. The molecule has 1 aliphatic carbocycles. The summed E-state index contributed by atoms with van der Waals surface area (Å²) in [6, 6.07) is 3.77. The van der Waals surface area contributed by atoms with Gasteiger partial charge in [-0.25, -0.2) is 28.1 Å². The van der Waals surface area contributed by atoms with Gasteiger partial charge in [0.2, 0.25) is 0 Å². The second-order valence-electron chi connectivity index (χ2n) is 7.28. The molecule has 0 saturated heterocycles. The molecule has 1 saturated carbocycles. The summed E-state index contributed by atoms with van der Waals surface area (Å²) < 4.78 is 42.6. The van der Waals surface area contributed by atoms with Gasteiger partial charge in [0.25, 0.3) is 0 Å². The maximum atomic E-state index is 14.8. The average Bonchev–Trinajstić information content (AvgIpc) is 3.44. The molecule has 2 aliphatic rings. The Kier molecular flexibility index (Phi) is 3.95. The first kappa shape index (κ1) is 18.2. The Morgan fingerprint density at radius 2 is 2.00 bits per heavy atom. The van der Waals surface area contributed by atoms with Crippen LogP contribution in [0.4, 0.5) is 24.7 Å². The van der Waals surface area contributed by atoms with Crippen molar-refractivity contribution in [2.24, 2.45) is 16.6 Å². The number of aliphatic imine (C=N–C) groups is 1. The normalized spacial score (nSPS) is 25.4. The summed E-state index contributed by atoms with van der Waals surface area (Å²) in [4.78, 5) is 16.5. The Bertz CT molecular complexity index is 1190. The van der Waals surface area contributed by atoms with Gasteiger partial charge in [0.05, 0.1) is 17.3 Å². The highest BCUT2D eigenvalue weighted by atomic mass is 32.2. The average molecular weight is 416 g/mol. The molecule has 5 rings (SSSR count). The van der Waals surface area contributed by atoms with Crippen LogP contribution in [-0.2, 0) is 5.54 Å². The van der Waals surface area contributed by atoms with Gasteiger partial charge in [-0.15, -0.1) is 0 Å². The molecule has 6 nitrogen and oxygen atoms in total. The van der Waals surface area contributed by atoms with Crippen LogP contribution in [0.5, 0.6) is 0 Å². The van der Waals surface area contributed by atoms with Gasteiger partial charge in [-0.05, 0) is 19.4 Å². The van der Waals surface area contributed by atoms with Crippen LogP contribution in [-0.4, -0.2) is 25.4 Å². The van der Waals surface area contributed by atoms with Crippen molar-refractivity contribution in [2.45, 2.75) is 24.1 Å². The fourth-order valence-electron chi connectivity index (χ4n) is 3.82. The standard InChI is InChI=1S/C19H15F3N6S/c1-19(10-5-14(10)29-18(23)28-19)11-3-9(4-12(21)15(11)22)27-17-16-13(25-7-26-17)2-8(20)6-24-16/h2-4,6-7,10,14H,5H2,1H3,(H2,23,28)(H,25,26,27)/t10-,14+,19+/m1/s1. The van der Waals surface area contributed by atoms with E-state index in [-0.39, 0.29) is 28.2 Å². The van der Waals surface area contributed by atoms with Crippen LogP contribution in [0, 0.1) is 23.4 Å². The number of thioether (sulfide) groups is 1. The number of halogens is 3. The third-order valence-electron chi connectivity index (χ3n) is 5.35. The molecule has 10 heteroatoms. The van der Waals surface area contributed by atoms with Crippen LogP contribution in [0.2, 0.25) is 0 Å². The van der Waals surface area contributed by atoms with Crippen molar-refractivity contribution < 1.29 is 13.2 Å². The largest absolute Gasteiger partial charge is 0.379 e. The molecule has 0 bridgehead atoms. The van der Waals surface area contributed by atoms with Crippen molar-refractivity contribution in [1.82, 2.24) is 15.0 Å². The summed E-state index contributed by atoms with van der Waals surface area (Å²) in [7, 11) is 0. The number of nitrogens with two attached hydrogens (primary N) is 1. The van der Waals surface area contributed by atoms with E-state index in [4.69, 9.17) is 5.73 Å². The number of amidine groups is 1. The maximum absolute atomic E-state index is 14.8. The minimum atomic E-state index is -1.01. The number of fused-ring (bicyclic) bond motifs is 2. The SMILES string of the molecule is C[C@]1(c2cc(Nc3ncnc4cc(F)cnc34)cc(F)c2F)N=C(N)S[C@H]2C[C@H]21. The van der Waals surface area contributed by atoms with Crippen LogP contribution < -0.4 is 11.1 Å². The van der Waals surface area contributed by atoms with Gasteiger partial charge in [-0.3, -0.25) is 4.99 Å². The van der Waals surface area contributed by atoms with Crippen molar-refractivity contribution in [3.05, 3.63) is 53.7 Å². The van der Waals surface area contributed by atoms with E-state index in [9.17, 15) is 13.2 Å². The minimum absolute atomic E-state index is 0.0912. The second kappa shape index (κ2) is 6.31. The number of hydrogen-bond donors (Lipinski definition) is 2. The summed E-state index contributed by atoms with van der Waals surface area (Å²) >= 11 is 1.47. The molecule has 0 amide bonds. The van der Waals surface area contributed by atoms with Crippen LogP contribution >= 0.6 is 11.8 Å². The minimum Gasteiger partial charge on any atom is -0.379 e. The lowest BCUT2D eigenvalue weighted by Crippen LogP contribution is -2.32. The molecule has 3 heterocycles. The number of hydrogen-bond acceptors (Lipinski definition) is 7. The van der Waals surface area contributed by atoms with Gasteiger partial charge >= 0.3 is 0 Å². The summed E-state index contributed by atoms with van der Waals surface area (Å²) in [6.07, 6.45) is 3.13. The van der Waals surface area contributed by atoms with Crippen molar-refractivity contribution in [3.8, 4) is 0 Å². The van der Waals surface area contributed by atoms with E-state index in [2.05, 4.69) is 25.3 Å². The Balaban J connectivity index is 1.59. The van der Waals surface area contributed by atoms with Crippen LogP contribution in [0.25, 0.3) is 11.0 Å². The third kappa shape index (κ3) is 2.98. The van der Waals surface area contributed by atoms with Crippen LogP contribution in [0.1, 0.15) is 18.9 Å². The van der Waals surface area contributed by atoms with E-state index in [1.165, 1.54) is 30.2 Å². The highest BCUT2D eigenvalue weighted by Gasteiger charge is 2.56. The van der Waals surface area contributed by atoms with E-state index in [0.29, 0.717) is 16.2 Å². The number of nitrogens with zero attached hydrogens (tertiary/aromatic N) is 4. The summed E-state index contributed by atoms with van der Waals surface area (Å²) in [5, 5.41) is 3.58. The lowest BCUT2D eigenvalue weighted by Gasteiger charge is -2.30. The first-order valence-electron chi connectivity index (χ1n) is 8.90. The fourth-order valence-corrected chi connectivity index (χ4v) is 5.11. The lowest BCUT2D eigenvalue weighted by molar-refractivity contribution is 0.393. The number of nitrogens with one attached hydrogen (secondary N) is 1. The van der Waals surface area contributed by atoms with Gasteiger partial charge in [-0.2, -0.15) is 0 Å². The molecule has 1 aliphatic heterocycles. The summed E-state index contributed by atoms with van der Waals surface area (Å²) in [5.41, 5.74) is 5.98. The van der Waals surface area contributed by atoms with E-state index < -0.39 is 23.0 Å². The number of rotatable bonds is 3. The molecule has 148 valence electrons. The quantitative estimate of drug-likeness (QED) is 0.674. The van der Waals surface area contributed by atoms with Crippen molar-refractivity contribution in [1.29, 1.82) is 0 Å². The van der Waals surface area contributed by atoms with Gasteiger partial charge < -0.3 is 11.1 Å². The summed E-state index contributed by atoms with van der Waals surface area (Å²) in [6.45, 7) is 1.77. The number of benzene rings is 1. The zero-order valence-electron chi connectivity index (χ0n) is 15.2. The smallest absolute Gasteiger partial charge is 0.164 e. The Morgan fingerprint density at radius 1 is 1.17 bits per heavy atom. The first-order valence-corrected chi connectivity index (χ1v) is 9.78. The molecule has 3 atom stereocenters. The van der Waals surface area contributed by atoms with E-state index in [0.717, 1.165) is 18.7 Å². The number of pyridine rings is 1. The van der Waals surface area contributed by atoms with Crippen molar-refractivity contribution in [2.75, 3.05) is 5.32 Å². The molecular weight excluding hydrogens is 401 g/mol. The van der Waals surface area contributed by atoms with E-state index in [1.54, 1.807) is 6.92 Å². The van der Waals surface area contributed by atoms with Gasteiger partial charge in [-0.1, -0.05) is 11.8 Å². The topological polar surface area (TPSA) is 89.1 Å². The molecule has 2 aromatic heterocycles. The van der Waals surface area contributed by atoms with Crippen LogP contribution in [0.3, 0.4) is 0 Å². The van der Waals surface area contributed by atoms with Crippen molar-refractivity contribution in [3.63, 3.8) is 0 Å². The molecular formula is C19H15F3N6S. The molecule has 1 aromatic carbocycles. The zero-order valence-corrected chi connectivity index (χ0v) is 16.0. The van der Waals surface area contributed by atoms with Crippen molar-refractivity contribution >= 4 is 39.5 Å². The molecule has 3 N–H and O–H groups in total. The van der Waals surface area contributed by atoms with E-state index >= 15 is 0 Å². The maximum Gasteiger partial charge on any atom is 0.164 e.